The Morgan fingerprint density at radius 2 is 1.54 bits per heavy atom. The number of nitrogens with zero attached hydrogens (tertiary/aromatic N) is 2. The summed E-state index contributed by atoms with van der Waals surface area (Å²) in [7, 11) is -3.34. The van der Waals surface area contributed by atoms with Crippen LogP contribution in [0.25, 0.3) is 0 Å². The van der Waals surface area contributed by atoms with E-state index in [2.05, 4.69) is 31.9 Å². The molecule has 7 rings (SSSR count). The lowest BCUT2D eigenvalue weighted by molar-refractivity contribution is -0.151. The van der Waals surface area contributed by atoms with Gasteiger partial charge < -0.3 is 30.7 Å². The maximum absolute atomic E-state index is 13.2. The summed E-state index contributed by atoms with van der Waals surface area (Å²) in [5, 5.41) is 18.1. The minimum atomic E-state index is -3.34. The molecule has 21 heteroatoms. The van der Waals surface area contributed by atoms with Crippen LogP contribution in [-0.2, 0) is 53.1 Å². The number of piperidine rings is 1. The van der Waals surface area contributed by atoms with Gasteiger partial charge in [-0.05, 0) is 81.5 Å². The molecule has 11 atom stereocenters. The van der Waals surface area contributed by atoms with Gasteiger partial charge in [-0.1, -0.05) is 25.7 Å². The second-order valence-corrected chi connectivity index (χ2v) is 22.4. The van der Waals surface area contributed by atoms with Crippen molar-refractivity contribution in [1.82, 2.24) is 41.1 Å². The maximum atomic E-state index is 13.2. The van der Waals surface area contributed by atoms with Gasteiger partial charge in [0.1, 0.15) is 11.5 Å². The molecule has 65 heavy (non-hydrogen) atoms. The predicted molar refractivity (Wildman–Crippen MR) is 240 cm³/mol. The Labute approximate surface area is 386 Å². The molecule has 19 nitrogen and oxygen atoms in total. The number of sulfonamides is 1. The molecule has 3 aliphatic carbocycles. The molecule has 4 saturated heterocycles. The van der Waals surface area contributed by atoms with E-state index in [1.54, 1.807) is 11.8 Å². The maximum Gasteiger partial charge on any atom is 0.249 e. The van der Waals surface area contributed by atoms with E-state index in [9.17, 15) is 42.0 Å². The third-order valence-corrected chi connectivity index (χ3v) is 17.3. The van der Waals surface area contributed by atoms with Gasteiger partial charge in [0.05, 0.1) is 57.0 Å². The highest BCUT2D eigenvalue weighted by Crippen LogP contribution is 2.44. The molecule has 7 aliphatic rings. The summed E-state index contributed by atoms with van der Waals surface area (Å²) in [5.74, 6) is -0.214. The second-order valence-electron chi connectivity index (χ2n) is 19.3. The molecule has 0 radical (unpaired) electrons. The molecule has 4 aliphatic heterocycles. The number of ether oxygens (including phenoxy) is 2. The number of thioether (sulfide) groups is 1. The average Bonchev–Trinajstić information content (AvgIpc) is 4.04. The zero-order valence-corrected chi connectivity index (χ0v) is 39.4. The summed E-state index contributed by atoms with van der Waals surface area (Å²) in [6.45, 7) is 3.13. The molecule has 364 valence electrons. The number of carbonyl (C=O) groups excluding carboxylic acids is 7. The fraction of sp³-hybridized carbons (Fsp3) is 0.841. The minimum absolute atomic E-state index is 0.00375. The molecule has 0 bridgehead atoms. The first-order valence-electron chi connectivity index (χ1n) is 24.0. The van der Waals surface area contributed by atoms with Gasteiger partial charge in [0.25, 0.3) is 0 Å². The highest BCUT2D eigenvalue weighted by molar-refractivity contribution is 8.00. The zero-order valence-electron chi connectivity index (χ0n) is 37.7. The summed E-state index contributed by atoms with van der Waals surface area (Å²) in [5.41, 5.74) is -0.212. The number of imide groups is 2. The summed E-state index contributed by atoms with van der Waals surface area (Å²) < 4.78 is 36.3. The first-order chi connectivity index (χ1) is 31.2. The molecule has 7 fully saturated rings. The van der Waals surface area contributed by atoms with Crippen molar-refractivity contribution in [3.8, 4) is 0 Å². The molecule has 7 amide bonds. The van der Waals surface area contributed by atoms with E-state index in [0.717, 1.165) is 36.2 Å². The molecule has 4 heterocycles. The van der Waals surface area contributed by atoms with E-state index < -0.39 is 39.7 Å². The molecular weight excluding hydrogens is 881 g/mol. The van der Waals surface area contributed by atoms with Gasteiger partial charge in [-0.3, -0.25) is 49.1 Å². The number of likely N-dealkylation sites (tertiary alicyclic amines) is 1. The lowest BCUT2D eigenvalue weighted by Crippen LogP contribution is -2.54. The van der Waals surface area contributed by atoms with E-state index in [0.29, 0.717) is 101 Å². The van der Waals surface area contributed by atoms with Crippen LogP contribution in [0.15, 0.2) is 0 Å². The van der Waals surface area contributed by atoms with Crippen LogP contribution in [0.3, 0.4) is 0 Å². The number of hydrogen-bond donors (Lipinski definition) is 6. The van der Waals surface area contributed by atoms with Crippen LogP contribution in [0.2, 0.25) is 0 Å². The van der Waals surface area contributed by atoms with Crippen LogP contribution in [0, 0.1) is 41.4 Å². The van der Waals surface area contributed by atoms with E-state index in [4.69, 9.17) is 9.47 Å². The average molecular weight is 951 g/mol. The zero-order chi connectivity index (χ0) is 46.1. The van der Waals surface area contributed by atoms with Gasteiger partial charge in [-0.25, -0.2) is 12.7 Å². The summed E-state index contributed by atoms with van der Waals surface area (Å²) in [6.07, 6.45) is 13.4. The van der Waals surface area contributed by atoms with Crippen molar-refractivity contribution in [2.45, 2.75) is 120 Å². The molecule has 11 unspecified atom stereocenters. The van der Waals surface area contributed by atoms with E-state index in [1.807, 2.05) is 0 Å². The van der Waals surface area contributed by atoms with Crippen LogP contribution < -0.4 is 31.9 Å². The topological polar surface area (TPSA) is 251 Å². The first kappa shape index (κ1) is 49.7. The van der Waals surface area contributed by atoms with Crippen molar-refractivity contribution < 1.29 is 51.5 Å². The monoisotopic (exact) mass is 950 g/mol. The standard InChI is InChI=1S/C44H70N8O11S2/c1-65(60,61)51-15-12-31(25-51)40(56)47-24-39(55)50-44-48-35(26-64-44)30-7-3-6-29(21-30)28-5-2-4-27(20-28)23-46-37(53)13-16-62-18-19-63-17-14-45-32-8-9-33-34(22-32)43(59)52(42(33)58)36-10-11-38(54)49-41(36)57/h27-36,44-45,48H,2-26H2,1H3,(H,46,53)(H,47,56)(H,50,55)(H,49,54,57). The molecule has 0 spiro atoms. The molecular formula is C44H70N8O11S2. The normalized spacial score (nSPS) is 33.4. The second kappa shape index (κ2) is 23.2. The number of fused-ring (bicyclic) bond motifs is 1. The summed E-state index contributed by atoms with van der Waals surface area (Å²) >= 11 is 1.69. The lowest BCUT2D eigenvalue weighted by Gasteiger charge is -2.40. The number of hydrogen-bond acceptors (Lipinski definition) is 14. The fourth-order valence-electron chi connectivity index (χ4n) is 11.4. The smallest absolute Gasteiger partial charge is 0.249 e. The number of nitrogens with one attached hydrogen (secondary N) is 6. The SMILES string of the molecule is CS(=O)(=O)N1CCC(C(=O)NCC(=O)NC2NC(C3CCCC(C4CCCC(CNC(=O)CCOCCOCCNC5CCC6C(=O)N(C7CCC(=O)NC7=O)C(=O)C6C5)C4)C3)CS2)C1. The first-order valence-corrected chi connectivity index (χ1v) is 26.9. The van der Waals surface area contributed by atoms with E-state index in [-0.39, 0.29) is 72.9 Å². The number of carbonyl (C=O) groups is 7. The van der Waals surface area contributed by atoms with Crippen molar-refractivity contribution in [2.24, 2.45) is 41.4 Å². The Morgan fingerprint density at radius 3 is 2.31 bits per heavy atom. The van der Waals surface area contributed by atoms with Gasteiger partial charge in [0.15, 0.2) is 0 Å². The minimum Gasteiger partial charge on any atom is -0.379 e. The van der Waals surface area contributed by atoms with Gasteiger partial charge in [-0.2, -0.15) is 0 Å². The van der Waals surface area contributed by atoms with Crippen molar-refractivity contribution in [2.75, 3.05) is 71.2 Å². The molecule has 0 aromatic rings. The third kappa shape index (κ3) is 13.5. The van der Waals surface area contributed by atoms with Gasteiger partial charge in [0, 0.05) is 56.9 Å². The Kier molecular flexibility index (Phi) is 17.7. The van der Waals surface area contributed by atoms with Crippen molar-refractivity contribution in [1.29, 1.82) is 0 Å². The Bertz CT molecular complexity index is 1860. The molecule has 0 aromatic heterocycles. The van der Waals surface area contributed by atoms with Crippen molar-refractivity contribution in [3.05, 3.63) is 0 Å². The Morgan fingerprint density at radius 1 is 0.800 bits per heavy atom. The Balaban J connectivity index is 0.698. The van der Waals surface area contributed by atoms with Crippen LogP contribution in [-0.4, -0.2) is 154 Å². The van der Waals surface area contributed by atoms with Crippen molar-refractivity contribution in [3.63, 3.8) is 0 Å². The van der Waals surface area contributed by atoms with Gasteiger partial charge in [-0.15, -0.1) is 11.8 Å². The quantitative estimate of drug-likeness (QED) is 0.0705. The van der Waals surface area contributed by atoms with Crippen LogP contribution in [0.4, 0.5) is 0 Å². The highest BCUT2D eigenvalue weighted by atomic mass is 32.2. The number of rotatable bonds is 20. The molecule has 6 N–H and O–H groups in total. The van der Waals surface area contributed by atoms with Gasteiger partial charge >= 0.3 is 0 Å². The summed E-state index contributed by atoms with van der Waals surface area (Å²) in [6, 6.07) is -0.534. The molecule has 3 saturated carbocycles. The Hall–Kier alpha value is -3.21. The van der Waals surface area contributed by atoms with Crippen LogP contribution >= 0.6 is 11.8 Å². The highest BCUT2D eigenvalue weighted by Gasteiger charge is 2.54. The molecule has 0 aromatic carbocycles. The van der Waals surface area contributed by atoms with Crippen LogP contribution in [0.1, 0.15) is 96.3 Å². The fourth-order valence-corrected chi connectivity index (χ4v) is 13.5. The predicted octanol–water partition coefficient (Wildman–Crippen LogP) is 0.190. The van der Waals surface area contributed by atoms with Gasteiger partial charge in [0.2, 0.25) is 51.4 Å². The van der Waals surface area contributed by atoms with Crippen molar-refractivity contribution >= 4 is 63.1 Å². The van der Waals surface area contributed by atoms with Crippen LogP contribution in [0.5, 0.6) is 0 Å². The number of amides is 7. The lowest BCUT2D eigenvalue weighted by atomic mass is 9.67. The van der Waals surface area contributed by atoms with E-state index >= 15 is 0 Å². The van der Waals surface area contributed by atoms with E-state index in [1.165, 1.54) is 42.8 Å². The summed E-state index contributed by atoms with van der Waals surface area (Å²) in [4.78, 5) is 89.2. The third-order valence-electron chi connectivity index (χ3n) is 14.9. The largest absolute Gasteiger partial charge is 0.379 e.